The summed E-state index contributed by atoms with van der Waals surface area (Å²) in [5, 5.41) is 0. The third kappa shape index (κ3) is 11.6. The summed E-state index contributed by atoms with van der Waals surface area (Å²) in [6.07, 6.45) is 0.968. The largest absolute Gasteiger partial charge is 0.300 e. The van der Waals surface area contributed by atoms with Gasteiger partial charge in [-0.3, -0.25) is 4.79 Å². The Balaban J connectivity index is -0.0000000600. The second-order valence-corrected chi connectivity index (χ2v) is 1.92. The first-order chi connectivity index (χ1) is 3.18. The number of hydrogen-bond donors (Lipinski definition) is 0. The first-order valence-electron chi connectivity index (χ1n) is 2.69. The molecule has 0 amide bonds. The fraction of sp³-hybridized carbons (Fsp3) is 0.875. The van der Waals surface area contributed by atoms with E-state index in [0.717, 1.165) is 6.42 Å². The molecule has 1 nitrogen and oxygen atoms in total. The standard InChI is InChI=1S/C6H12O.2CH4.Y/c1-4-5(2)6(3)7;;;/h5H,4H2,1-3H3;2*1H4;. The van der Waals surface area contributed by atoms with Crippen molar-refractivity contribution in [2.45, 2.75) is 42.0 Å². The zero-order chi connectivity index (χ0) is 5.86. The molecule has 0 saturated heterocycles. The monoisotopic (exact) mass is 221 g/mol. The van der Waals surface area contributed by atoms with Crippen LogP contribution < -0.4 is 0 Å². The van der Waals surface area contributed by atoms with E-state index in [1.165, 1.54) is 0 Å². The van der Waals surface area contributed by atoms with Gasteiger partial charge in [0.2, 0.25) is 0 Å². The molecule has 0 rings (SSSR count). The van der Waals surface area contributed by atoms with E-state index in [1.54, 1.807) is 6.92 Å². The first-order valence-corrected chi connectivity index (χ1v) is 2.69. The van der Waals surface area contributed by atoms with E-state index < -0.39 is 0 Å². The van der Waals surface area contributed by atoms with Gasteiger partial charge in [-0.15, -0.1) is 0 Å². The third-order valence-electron chi connectivity index (χ3n) is 1.31. The minimum atomic E-state index is 0. The topological polar surface area (TPSA) is 17.1 Å². The Bertz CT molecular complexity index is 71.7. The molecule has 0 bridgehead atoms. The third-order valence-corrected chi connectivity index (χ3v) is 1.31. The smallest absolute Gasteiger partial charge is 0.132 e. The molecule has 0 N–H and O–H groups in total. The second kappa shape index (κ2) is 12.5. The molecule has 1 unspecified atom stereocenters. The predicted octanol–water partition coefficient (Wildman–Crippen LogP) is 2.89. The number of carbonyl (C=O) groups excluding carboxylic acids is 1. The molecule has 0 aromatic rings. The first kappa shape index (κ1) is 22.4. The molecule has 0 saturated carbocycles. The van der Waals surface area contributed by atoms with Crippen LogP contribution in [-0.2, 0) is 37.5 Å². The molecular weight excluding hydrogens is 201 g/mol. The zero-order valence-corrected chi connectivity index (χ0v) is 8.61. The maximum atomic E-state index is 10.4. The fourth-order valence-corrected chi connectivity index (χ4v) is 0.287. The molecule has 2 heteroatoms. The summed E-state index contributed by atoms with van der Waals surface area (Å²) >= 11 is 0. The van der Waals surface area contributed by atoms with Crippen LogP contribution in [0.2, 0.25) is 0 Å². The molecule has 0 aliphatic heterocycles. The van der Waals surface area contributed by atoms with Gasteiger partial charge < -0.3 is 0 Å². The Morgan fingerprint density at radius 1 is 1.40 bits per heavy atom. The Morgan fingerprint density at radius 2 is 1.70 bits per heavy atom. The Labute approximate surface area is 90.9 Å². The van der Waals surface area contributed by atoms with Crippen molar-refractivity contribution in [3.8, 4) is 0 Å². The zero-order valence-electron chi connectivity index (χ0n) is 5.77. The van der Waals surface area contributed by atoms with Crippen molar-refractivity contribution < 1.29 is 37.5 Å². The SMILES string of the molecule is C.C.CCC(C)C(C)=O.[Y]. The summed E-state index contributed by atoms with van der Waals surface area (Å²) in [5.74, 6) is 0.558. The van der Waals surface area contributed by atoms with Crippen LogP contribution in [0.15, 0.2) is 0 Å². The molecule has 1 radical (unpaired) electrons. The van der Waals surface area contributed by atoms with Gasteiger partial charge in [-0.1, -0.05) is 28.7 Å². The molecule has 10 heavy (non-hydrogen) atoms. The fourth-order valence-electron chi connectivity index (χ4n) is 0.287. The van der Waals surface area contributed by atoms with Crippen molar-refractivity contribution >= 4 is 5.78 Å². The van der Waals surface area contributed by atoms with Crippen LogP contribution in [0.1, 0.15) is 42.0 Å². The van der Waals surface area contributed by atoms with Gasteiger partial charge in [-0.05, 0) is 13.3 Å². The van der Waals surface area contributed by atoms with Gasteiger partial charge in [0.1, 0.15) is 5.78 Å². The minimum absolute atomic E-state index is 0. The van der Waals surface area contributed by atoms with E-state index in [2.05, 4.69) is 0 Å². The van der Waals surface area contributed by atoms with E-state index in [9.17, 15) is 4.79 Å². The van der Waals surface area contributed by atoms with Crippen molar-refractivity contribution in [3.63, 3.8) is 0 Å². The van der Waals surface area contributed by atoms with Crippen molar-refractivity contribution in [2.75, 3.05) is 0 Å². The maximum Gasteiger partial charge on any atom is 0.132 e. The molecule has 0 aliphatic carbocycles. The average molecular weight is 221 g/mol. The van der Waals surface area contributed by atoms with E-state index in [0.29, 0.717) is 5.78 Å². The van der Waals surface area contributed by atoms with Crippen molar-refractivity contribution in [3.05, 3.63) is 0 Å². The molecule has 0 heterocycles. The van der Waals surface area contributed by atoms with E-state index in [4.69, 9.17) is 0 Å². The predicted molar refractivity (Wildman–Crippen MR) is 43.6 cm³/mol. The van der Waals surface area contributed by atoms with Crippen molar-refractivity contribution in [1.82, 2.24) is 0 Å². The van der Waals surface area contributed by atoms with Crippen molar-refractivity contribution in [1.29, 1.82) is 0 Å². The Kier molecular flexibility index (Phi) is 27.9. The Hall–Kier alpha value is 0.774. The molecule has 0 fully saturated rings. The number of rotatable bonds is 2. The van der Waals surface area contributed by atoms with E-state index in [1.807, 2.05) is 13.8 Å². The molecule has 0 aromatic heterocycles. The number of hydrogen-bond acceptors (Lipinski definition) is 1. The van der Waals surface area contributed by atoms with Gasteiger partial charge in [0.25, 0.3) is 0 Å². The number of Topliss-reactive ketones (excluding diaryl/α,β-unsaturated/α-hetero) is 1. The molecule has 0 aliphatic rings. The van der Waals surface area contributed by atoms with Crippen LogP contribution in [0.4, 0.5) is 0 Å². The van der Waals surface area contributed by atoms with Gasteiger partial charge in [0.15, 0.2) is 0 Å². The van der Waals surface area contributed by atoms with E-state index in [-0.39, 0.29) is 53.5 Å². The van der Waals surface area contributed by atoms with Gasteiger partial charge >= 0.3 is 0 Å². The molecule has 1 atom stereocenters. The molecule has 0 spiro atoms. The van der Waals surface area contributed by atoms with Crippen LogP contribution in [0.25, 0.3) is 0 Å². The maximum absolute atomic E-state index is 10.4. The van der Waals surface area contributed by atoms with Gasteiger partial charge in [0.05, 0.1) is 0 Å². The average Bonchev–Trinajstić information content (AvgIpc) is 1.65. The van der Waals surface area contributed by atoms with Crippen LogP contribution in [-0.4, -0.2) is 5.78 Å². The van der Waals surface area contributed by atoms with Gasteiger partial charge in [-0.2, -0.15) is 0 Å². The molecule has 0 aromatic carbocycles. The molecular formula is C8H20OY. The summed E-state index contributed by atoms with van der Waals surface area (Å²) in [6.45, 7) is 5.60. The Morgan fingerprint density at radius 3 is 1.70 bits per heavy atom. The van der Waals surface area contributed by atoms with Crippen LogP contribution in [0, 0.1) is 5.92 Å². The summed E-state index contributed by atoms with van der Waals surface area (Å²) < 4.78 is 0. The van der Waals surface area contributed by atoms with Crippen molar-refractivity contribution in [2.24, 2.45) is 5.92 Å². The number of carbonyl (C=O) groups is 1. The second-order valence-electron chi connectivity index (χ2n) is 1.92. The number of ketones is 1. The normalized spacial score (nSPS) is 9.50. The van der Waals surface area contributed by atoms with E-state index >= 15 is 0 Å². The van der Waals surface area contributed by atoms with Gasteiger partial charge in [-0.25, -0.2) is 0 Å². The molecule has 61 valence electrons. The van der Waals surface area contributed by atoms with Crippen LogP contribution >= 0.6 is 0 Å². The van der Waals surface area contributed by atoms with Gasteiger partial charge in [0, 0.05) is 38.6 Å². The summed E-state index contributed by atoms with van der Waals surface area (Å²) in [7, 11) is 0. The summed E-state index contributed by atoms with van der Waals surface area (Å²) in [5.41, 5.74) is 0. The minimum Gasteiger partial charge on any atom is -0.300 e. The quantitative estimate of drug-likeness (QED) is 0.700. The van der Waals surface area contributed by atoms with Crippen LogP contribution in [0.3, 0.4) is 0 Å². The summed E-state index contributed by atoms with van der Waals surface area (Å²) in [4.78, 5) is 10.4. The van der Waals surface area contributed by atoms with Crippen LogP contribution in [0.5, 0.6) is 0 Å². The summed E-state index contributed by atoms with van der Waals surface area (Å²) in [6, 6.07) is 0.